The molecular weight excluding hydrogens is 407 g/mol. The number of benzene rings is 2. The molecular formula is C21H17FN4O3S. The highest BCUT2D eigenvalue weighted by atomic mass is 32.2. The van der Waals surface area contributed by atoms with Gasteiger partial charge in [0.25, 0.3) is 15.9 Å². The van der Waals surface area contributed by atoms with Crippen LogP contribution in [0.3, 0.4) is 0 Å². The van der Waals surface area contributed by atoms with Gasteiger partial charge in [-0.3, -0.25) is 9.52 Å². The highest BCUT2D eigenvalue weighted by Crippen LogP contribution is 2.19. The number of hydrogen-bond donors (Lipinski definition) is 2. The molecule has 0 bridgehead atoms. The van der Waals surface area contributed by atoms with Crippen molar-refractivity contribution in [1.29, 1.82) is 0 Å². The predicted octanol–water partition coefficient (Wildman–Crippen LogP) is 3.20. The van der Waals surface area contributed by atoms with Gasteiger partial charge in [-0.15, -0.1) is 0 Å². The Morgan fingerprint density at radius 1 is 1.03 bits per heavy atom. The third kappa shape index (κ3) is 4.15. The van der Waals surface area contributed by atoms with E-state index in [0.717, 1.165) is 11.7 Å². The molecule has 7 nitrogen and oxygen atoms in total. The van der Waals surface area contributed by atoms with Crippen LogP contribution in [0.1, 0.15) is 16.1 Å². The first-order valence-electron chi connectivity index (χ1n) is 9.01. The number of sulfonamides is 1. The van der Waals surface area contributed by atoms with E-state index in [-0.39, 0.29) is 22.7 Å². The number of halogens is 1. The average Bonchev–Trinajstić information content (AvgIpc) is 3.17. The Morgan fingerprint density at radius 3 is 2.63 bits per heavy atom. The summed E-state index contributed by atoms with van der Waals surface area (Å²) in [5.74, 6) is -1.14. The molecule has 0 aliphatic heterocycles. The lowest BCUT2D eigenvalue weighted by molar-refractivity contribution is 0.0950. The molecule has 2 aromatic heterocycles. The van der Waals surface area contributed by atoms with Crippen LogP contribution in [-0.2, 0) is 16.6 Å². The van der Waals surface area contributed by atoms with Crippen LogP contribution in [0.4, 0.5) is 10.1 Å². The number of pyridine rings is 1. The van der Waals surface area contributed by atoms with Gasteiger partial charge in [0, 0.05) is 18.0 Å². The molecule has 2 heterocycles. The predicted molar refractivity (Wildman–Crippen MR) is 110 cm³/mol. The van der Waals surface area contributed by atoms with Crippen molar-refractivity contribution < 1.29 is 17.6 Å². The second-order valence-corrected chi connectivity index (χ2v) is 8.18. The summed E-state index contributed by atoms with van der Waals surface area (Å²) in [6.45, 7) is 0.185. The Hall–Kier alpha value is -3.72. The second-order valence-electron chi connectivity index (χ2n) is 6.49. The maximum absolute atomic E-state index is 13.8. The van der Waals surface area contributed by atoms with E-state index in [4.69, 9.17) is 0 Å². The minimum absolute atomic E-state index is 0.147. The molecule has 9 heteroatoms. The van der Waals surface area contributed by atoms with Crippen LogP contribution in [0.2, 0.25) is 0 Å². The normalized spacial score (nSPS) is 11.4. The molecule has 30 heavy (non-hydrogen) atoms. The van der Waals surface area contributed by atoms with E-state index in [9.17, 15) is 17.6 Å². The molecule has 0 radical (unpaired) electrons. The van der Waals surface area contributed by atoms with Crippen LogP contribution in [0.25, 0.3) is 5.65 Å². The molecule has 0 saturated carbocycles. The number of para-hydroxylation sites is 1. The molecule has 0 unspecified atom stereocenters. The number of fused-ring (bicyclic) bond motifs is 1. The first-order valence-corrected chi connectivity index (χ1v) is 10.5. The van der Waals surface area contributed by atoms with Crippen molar-refractivity contribution in [3.63, 3.8) is 0 Å². The summed E-state index contributed by atoms with van der Waals surface area (Å²) in [5, 5.41) is 2.72. The Kier molecular flexibility index (Phi) is 5.20. The lowest BCUT2D eigenvalue weighted by atomic mass is 10.2. The van der Waals surface area contributed by atoms with Gasteiger partial charge in [-0.2, -0.15) is 0 Å². The monoisotopic (exact) mass is 424 g/mol. The van der Waals surface area contributed by atoms with Crippen LogP contribution in [-0.4, -0.2) is 23.7 Å². The SMILES string of the molecule is O=C(NCc1cn2ccccc2n1)c1cccc(S(=O)(=O)Nc2ccccc2F)c1. The number of anilines is 1. The molecule has 0 saturated heterocycles. The van der Waals surface area contributed by atoms with Crippen LogP contribution in [0, 0.1) is 5.82 Å². The van der Waals surface area contributed by atoms with Crippen LogP contribution in [0.15, 0.2) is 84.0 Å². The van der Waals surface area contributed by atoms with Crippen molar-refractivity contribution in [2.75, 3.05) is 4.72 Å². The zero-order chi connectivity index (χ0) is 21.1. The van der Waals surface area contributed by atoms with Gasteiger partial charge < -0.3 is 9.72 Å². The number of amides is 1. The molecule has 4 aromatic rings. The second kappa shape index (κ2) is 7.96. The van der Waals surface area contributed by atoms with Crippen LogP contribution >= 0.6 is 0 Å². The minimum atomic E-state index is -4.06. The zero-order valence-corrected chi connectivity index (χ0v) is 16.4. The summed E-state index contributed by atoms with van der Waals surface area (Å²) in [7, 11) is -4.06. The Morgan fingerprint density at radius 2 is 1.83 bits per heavy atom. The standard InChI is InChI=1S/C21H17FN4O3S/c22-18-8-1-2-9-19(18)25-30(28,29)17-7-5-6-15(12-17)21(27)23-13-16-14-26-11-4-3-10-20(26)24-16/h1-12,14,25H,13H2,(H,23,27). The topological polar surface area (TPSA) is 92.6 Å². The van der Waals surface area contributed by atoms with Gasteiger partial charge in [-0.25, -0.2) is 17.8 Å². The van der Waals surface area contributed by atoms with Crippen LogP contribution in [0.5, 0.6) is 0 Å². The van der Waals surface area contributed by atoms with E-state index >= 15 is 0 Å². The molecule has 2 aromatic carbocycles. The summed E-state index contributed by atoms with van der Waals surface area (Å²) < 4.78 is 43.0. The number of imidazole rings is 1. The van der Waals surface area contributed by atoms with Gasteiger partial charge in [0.1, 0.15) is 11.5 Å². The first-order chi connectivity index (χ1) is 14.4. The van der Waals surface area contributed by atoms with E-state index in [1.54, 1.807) is 6.20 Å². The number of aromatic nitrogens is 2. The van der Waals surface area contributed by atoms with Gasteiger partial charge >= 0.3 is 0 Å². The summed E-state index contributed by atoms with van der Waals surface area (Å²) in [4.78, 5) is 16.8. The summed E-state index contributed by atoms with van der Waals surface area (Å²) in [6.07, 6.45) is 3.65. The Balaban J connectivity index is 1.49. The highest BCUT2D eigenvalue weighted by molar-refractivity contribution is 7.92. The average molecular weight is 424 g/mol. The van der Waals surface area contributed by atoms with Crippen molar-refractivity contribution >= 4 is 27.3 Å². The molecule has 0 aliphatic rings. The fourth-order valence-corrected chi connectivity index (χ4v) is 4.01. The van der Waals surface area contributed by atoms with E-state index < -0.39 is 21.7 Å². The molecule has 0 spiro atoms. The van der Waals surface area contributed by atoms with Gasteiger partial charge in [0.05, 0.1) is 22.8 Å². The van der Waals surface area contributed by atoms with Gasteiger partial charge in [0.15, 0.2) is 0 Å². The fraction of sp³-hybridized carbons (Fsp3) is 0.0476. The van der Waals surface area contributed by atoms with Gasteiger partial charge in [-0.1, -0.05) is 24.3 Å². The lowest BCUT2D eigenvalue weighted by Gasteiger charge is -2.10. The quantitative estimate of drug-likeness (QED) is 0.497. The third-order valence-electron chi connectivity index (χ3n) is 4.37. The number of hydrogen-bond acceptors (Lipinski definition) is 4. The van der Waals surface area contributed by atoms with Gasteiger partial charge in [0.2, 0.25) is 0 Å². The molecule has 152 valence electrons. The largest absolute Gasteiger partial charge is 0.346 e. The van der Waals surface area contributed by atoms with Crippen molar-refractivity contribution in [1.82, 2.24) is 14.7 Å². The maximum atomic E-state index is 13.8. The van der Waals surface area contributed by atoms with E-state index in [0.29, 0.717) is 5.69 Å². The first kappa shape index (κ1) is 19.6. The maximum Gasteiger partial charge on any atom is 0.262 e. The highest BCUT2D eigenvalue weighted by Gasteiger charge is 2.18. The molecule has 1 amide bonds. The van der Waals surface area contributed by atoms with Gasteiger partial charge in [-0.05, 0) is 42.5 Å². The summed E-state index contributed by atoms with van der Waals surface area (Å²) >= 11 is 0. The van der Waals surface area contributed by atoms with Crippen molar-refractivity contribution in [2.24, 2.45) is 0 Å². The third-order valence-corrected chi connectivity index (χ3v) is 5.73. The molecule has 4 rings (SSSR count). The Labute approximate surface area is 172 Å². The van der Waals surface area contributed by atoms with E-state index in [1.165, 1.54) is 42.5 Å². The molecule has 2 N–H and O–H groups in total. The number of carbonyl (C=O) groups is 1. The molecule has 0 aliphatic carbocycles. The molecule has 0 fully saturated rings. The van der Waals surface area contributed by atoms with E-state index in [2.05, 4.69) is 15.0 Å². The number of nitrogens with zero attached hydrogens (tertiary/aromatic N) is 2. The summed E-state index contributed by atoms with van der Waals surface area (Å²) in [6, 6.07) is 16.6. The van der Waals surface area contributed by atoms with Crippen molar-refractivity contribution in [3.8, 4) is 0 Å². The number of rotatable bonds is 6. The fourth-order valence-electron chi connectivity index (χ4n) is 2.90. The zero-order valence-electron chi connectivity index (χ0n) is 15.6. The van der Waals surface area contributed by atoms with E-state index in [1.807, 2.05) is 28.8 Å². The summed E-state index contributed by atoms with van der Waals surface area (Å²) in [5.41, 5.74) is 1.42. The number of nitrogens with one attached hydrogen (secondary N) is 2. The van der Waals surface area contributed by atoms with Crippen molar-refractivity contribution in [3.05, 3.63) is 96.2 Å². The number of carbonyl (C=O) groups excluding carboxylic acids is 1. The Bertz CT molecular complexity index is 1300. The van der Waals surface area contributed by atoms with Crippen LogP contribution < -0.4 is 10.0 Å². The lowest BCUT2D eigenvalue weighted by Crippen LogP contribution is -2.23. The molecule has 0 atom stereocenters. The minimum Gasteiger partial charge on any atom is -0.346 e. The van der Waals surface area contributed by atoms with Crippen molar-refractivity contribution in [2.45, 2.75) is 11.4 Å². The smallest absolute Gasteiger partial charge is 0.262 e.